The van der Waals surface area contributed by atoms with Crippen LogP contribution in [-0.4, -0.2) is 37.8 Å². The van der Waals surface area contributed by atoms with Crippen LogP contribution < -0.4 is 4.74 Å². The second kappa shape index (κ2) is 7.51. The van der Waals surface area contributed by atoms with Gasteiger partial charge in [-0.2, -0.15) is 0 Å². The van der Waals surface area contributed by atoms with Crippen LogP contribution in [0.15, 0.2) is 18.2 Å². The molecule has 1 rings (SSSR count). The molecule has 0 aliphatic carbocycles. The van der Waals surface area contributed by atoms with E-state index in [1.165, 1.54) is 11.1 Å². The highest BCUT2D eigenvalue weighted by Crippen LogP contribution is 2.32. The Bertz CT molecular complexity index is 386. The molecule has 3 nitrogen and oxygen atoms in total. The van der Waals surface area contributed by atoms with Gasteiger partial charge < -0.3 is 14.7 Å². The van der Waals surface area contributed by atoms with Gasteiger partial charge in [-0.25, -0.2) is 0 Å². The third kappa shape index (κ3) is 3.71. The first-order chi connectivity index (χ1) is 9.08. The number of benzene rings is 1. The normalized spacial score (nSPS) is 14.5. The second-order valence-corrected chi connectivity index (χ2v) is 5.18. The number of aliphatic hydroxyl groups is 1. The molecule has 0 amide bonds. The monoisotopic (exact) mass is 265 g/mol. The molecule has 0 saturated heterocycles. The van der Waals surface area contributed by atoms with Crippen LogP contribution >= 0.6 is 0 Å². The minimum atomic E-state index is 0.215. The maximum Gasteiger partial charge on any atom is 0.122 e. The molecular weight excluding hydrogens is 238 g/mol. The summed E-state index contributed by atoms with van der Waals surface area (Å²) in [6.07, 6.45) is 1.92. The summed E-state index contributed by atoms with van der Waals surface area (Å²) in [6, 6.07) is 6.60. The van der Waals surface area contributed by atoms with E-state index in [9.17, 15) is 5.11 Å². The van der Waals surface area contributed by atoms with E-state index in [-0.39, 0.29) is 18.6 Å². The molecule has 1 aromatic carbocycles. The molecule has 3 heteroatoms. The zero-order valence-corrected chi connectivity index (χ0v) is 12.8. The van der Waals surface area contributed by atoms with Crippen molar-refractivity contribution in [1.29, 1.82) is 0 Å². The van der Waals surface area contributed by atoms with Crippen LogP contribution in [0.25, 0.3) is 0 Å². The Balaban J connectivity index is 3.16. The minimum Gasteiger partial charge on any atom is -0.496 e. The van der Waals surface area contributed by atoms with Gasteiger partial charge in [0.2, 0.25) is 0 Å². The summed E-state index contributed by atoms with van der Waals surface area (Å²) in [6.45, 7) is 4.48. The number of ether oxygens (including phenoxy) is 1. The zero-order valence-electron chi connectivity index (χ0n) is 12.8. The Morgan fingerprint density at radius 2 is 1.95 bits per heavy atom. The molecule has 0 radical (unpaired) electrons. The predicted molar refractivity (Wildman–Crippen MR) is 79.7 cm³/mol. The summed E-state index contributed by atoms with van der Waals surface area (Å²) in [4.78, 5) is 2.19. The molecule has 0 bridgehead atoms. The van der Waals surface area contributed by atoms with Crippen molar-refractivity contribution in [1.82, 2.24) is 4.90 Å². The summed E-state index contributed by atoms with van der Waals surface area (Å²) in [5.41, 5.74) is 2.48. The lowest BCUT2D eigenvalue weighted by molar-refractivity contribution is 0.130. The molecule has 0 aliphatic heterocycles. The molecule has 0 heterocycles. The van der Waals surface area contributed by atoms with Crippen LogP contribution in [0.5, 0.6) is 5.75 Å². The van der Waals surface area contributed by atoms with E-state index in [0.717, 1.165) is 18.6 Å². The maximum atomic E-state index is 9.58. The van der Waals surface area contributed by atoms with Crippen LogP contribution in [0, 0.1) is 5.92 Å². The molecule has 2 unspecified atom stereocenters. The molecule has 0 aliphatic rings. The van der Waals surface area contributed by atoms with Gasteiger partial charge in [-0.15, -0.1) is 0 Å². The highest BCUT2D eigenvalue weighted by atomic mass is 16.5. The van der Waals surface area contributed by atoms with Crippen molar-refractivity contribution in [3.8, 4) is 5.75 Å². The Kier molecular flexibility index (Phi) is 6.32. The van der Waals surface area contributed by atoms with Gasteiger partial charge in [0, 0.05) is 18.6 Å². The van der Waals surface area contributed by atoms with Crippen LogP contribution in [0.3, 0.4) is 0 Å². The summed E-state index contributed by atoms with van der Waals surface area (Å²) in [5, 5.41) is 9.58. The molecule has 0 saturated carbocycles. The Morgan fingerprint density at radius 1 is 1.26 bits per heavy atom. The molecule has 0 aromatic heterocycles. The fourth-order valence-corrected chi connectivity index (χ4v) is 2.70. The summed E-state index contributed by atoms with van der Waals surface area (Å²) < 4.78 is 5.38. The number of aryl methyl sites for hydroxylation is 1. The first kappa shape index (κ1) is 16.0. The van der Waals surface area contributed by atoms with E-state index >= 15 is 0 Å². The first-order valence-corrected chi connectivity index (χ1v) is 7.03. The second-order valence-electron chi connectivity index (χ2n) is 5.18. The Labute approximate surface area is 117 Å². The standard InChI is InChI=1S/C16H27NO2/c1-6-12-10-14(8-9-15(12)19-5)16(17(3)4)13(7-2)11-18/h8-10,13,16,18H,6-7,11H2,1-5H3. The summed E-state index contributed by atoms with van der Waals surface area (Å²) >= 11 is 0. The fourth-order valence-electron chi connectivity index (χ4n) is 2.70. The lowest BCUT2D eigenvalue weighted by Crippen LogP contribution is -2.29. The molecular formula is C16H27NO2. The van der Waals surface area contributed by atoms with E-state index in [1.54, 1.807) is 7.11 Å². The van der Waals surface area contributed by atoms with E-state index in [1.807, 2.05) is 6.07 Å². The number of nitrogens with zero attached hydrogens (tertiary/aromatic N) is 1. The van der Waals surface area contributed by atoms with Gasteiger partial charge >= 0.3 is 0 Å². The van der Waals surface area contributed by atoms with Gasteiger partial charge in [0.25, 0.3) is 0 Å². The number of methoxy groups -OCH3 is 1. The molecule has 1 N–H and O–H groups in total. The van der Waals surface area contributed by atoms with Crippen molar-refractivity contribution in [2.24, 2.45) is 5.92 Å². The van der Waals surface area contributed by atoms with Gasteiger partial charge in [-0.1, -0.05) is 26.0 Å². The lowest BCUT2D eigenvalue weighted by Gasteiger charge is -2.31. The lowest BCUT2D eigenvalue weighted by atomic mass is 9.89. The average molecular weight is 265 g/mol. The number of aliphatic hydroxyl groups excluding tert-OH is 1. The molecule has 0 spiro atoms. The average Bonchev–Trinajstić information content (AvgIpc) is 2.43. The van der Waals surface area contributed by atoms with Gasteiger partial charge in [0.05, 0.1) is 7.11 Å². The first-order valence-electron chi connectivity index (χ1n) is 7.03. The van der Waals surface area contributed by atoms with Crippen molar-refractivity contribution >= 4 is 0 Å². The van der Waals surface area contributed by atoms with E-state index in [2.05, 4.69) is 45.0 Å². The topological polar surface area (TPSA) is 32.7 Å². The smallest absolute Gasteiger partial charge is 0.122 e. The number of rotatable bonds is 7. The van der Waals surface area contributed by atoms with Crippen molar-refractivity contribution in [2.45, 2.75) is 32.7 Å². The van der Waals surface area contributed by atoms with Crippen molar-refractivity contribution in [3.63, 3.8) is 0 Å². The van der Waals surface area contributed by atoms with Gasteiger partial charge in [0.1, 0.15) is 5.75 Å². The van der Waals surface area contributed by atoms with E-state index in [4.69, 9.17) is 4.74 Å². The van der Waals surface area contributed by atoms with E-state index < -0.39 is 0 Å². The van der Waals surface area contributed by atoms with Crippen LogP contribution in [0.2, 0.25) is 0 Å². The summed E-state index contributed by atoms with van der Waals surface area (Å²) in [7, 11) is 5.85. The van der Waals surface area contributed by atoms with Gasteiger partial charge in [-0.3, -0.25) is 0 Å². The Hall–Kier alpha value is -1.06. The fraction of sp³-hybridized carbons (Fsp3) is 0.625. The van der Waals surface area contributed by atoms with E-state index in [0.29, 0.717) is 0 Å². The third-order valence-corrected chi connectivity index (χ3v) is 3.79. The Morgan fingerprint density at radius 3 is 2.37 bits per heavy atom. The quantitative estimate of drug-likeness (QED) is 0.823. The van der Waals surface area contributed by atoms with Crippen molar-refractivity contribution < 1.29 is 9.84 Å². The summed E-state index contributed by atoms with van der Waals surface area (Å²) in [5.74, 6) is 1.20. The molecule has 1 aromatic rings. The number of hydrogen-bond donors (Lipinski definition) is 1. The van der Waals surface area contributed by atoms with Crippen LogP contribution in [-0.2, 0) is 6.42 Å². The largest absolute Gasteiger partial charge is 0.496 e. The van der Waals surface area contributed by atoms with Gasteiger partial charge in [-0.05, 0) is 44.1 Å². The SMILES string of the molecule is CCc1cc(C(C(CC)CO)N(C)C)ccc1OC. The molecule has 108 valence electrons. The molecule has 0 fully saturated rings. The highest BCUT2D eigenvalue weighted by Gasteiger charge is 2.23. The third-order valence-electron chi connectivity index (χ3n) is 3.79. The van der Waals surface area contributed by atoms with Crippen LogP contribution in [0.4, 0.5) is 0 Å². The number of hydrogen-bond acceptors (Lipinski definition) is 3. The van der Waals surface area contributed by atoms with Crippen molar-refractivity contribution in [3.05, 3.63) is 29.3 Å². The van der Waals surface area contributed by atoms with Crippen molar-refractivity contribution in [2.75, 3.05) is 27.8 Å². The van der Waals surface area contributed by atoms with Crippen LogP contribution in [0.1, 0.15) is 37.4 Å². The zero-order chi connectivity index (χ0) is 14.4. The maximum absolute atomic E-state index is 9.58. The highest BCUT2D eigenvalue weighted by molar-refractivity contribution is 5.38. The molecule has 2 atom stereocenters. The predicted octanol–water partition coefficient (Wildman–Crippen LogP) is 2.88. The molecule has 19 heavy (non-hydrogen) atoms. The minimum absolute atomic E-state index is 0.215. The van der Waals surface area contributed by atoms with Gasteiger partial charge in [0.15, 0.2) is 0 Å².